The van der Waals surface area contributed by atoms with Crippen molar-refractivity contribution in [2.75, 3.05) is 12.9 Å². The zero-order valence-electron chi connectivity index (χ0n) is 16.7. The van der Waals surface area contributed by atoms with Gasteiger partial charge < -0.3 is 15.2 Å². The molecule has 0 bridgehead atoms. The van der Waals surface area contributed by atoms with Gasteiger partial charge in [-0.05, 0) is 37.1 Å². The molecule has 1 aromatic carbocycles. The molecule has 1 amide bonds. The fourth-order valence-electron chi connectivity index (χ4n) is 3.27. The molecule has 1 aromatic heterocycles. The molecular formula is C19H22FN3O6S. The molecule has 0 aliphatic carbocycles. The molecular weight excluding hydrogens is 417 g/mol. The number of nitrogens with zero attached hydrogens (tertiary/aromatic N) is 2. The summed E-state index contributed by atoms with van der Waals surface area (Å²) in [4.78, 5) is 29.3. The summed E-state index contributed by atoms with van der Waals surface area (Å²) in [6.45, 7) is 3.70. The highest BCUT2D eigenvalue weighted by molar-refractivity contribution is 7.89. The minimum Gasteiger partial charge on any atom is -0.501 e. The summed E-state index contributed by atoms with van der Waals surface area (Å²) >= 11 is 0. The van der Waals surface area contributed by atoms with Crippen molar-refractivity contribution in [2.24, 2.45) is 0 Å². The highest BCUT2D eigenvalue weighted by atomic mass is 32.2. The van der Waals surface area contributed by atoms with Crippen LogP contribution < -0.4 is 10.9 Å². The zero-order valence-corrected chi connectivity index (χ0v) is 17.5. The Morgan fingerprint density at radius 3 is 2.73 bits per heavy atom. The SMILES string of the molecule is CC1(C)OCCn2c1nc(C(=O)NCc1ccc(F)cc1CS(C)(=O)=O)c(O)c2=O. The molecule has 0 fully saturated rings. The molecule has 0 atom stereocenters. The van der Waals surface area contributed by atoms with Crippen molar-refractivity contribution in [3.8, 4) is 5.75 Å². The molecule has 2 aromatic rings. The van der Waals surface area contributed by atoms with E-state index in [2.05, 4.69) is 10.3 Å². The summed E-state index contributed by atoms with van der Waals surface area (Å²) in [7, 11) is -3.43. The Labute approximate surface area is 172 Å². The zero-order chi connectivity index (χ0) is 22.3. The molecule has 0 saturated carbocycles. The van der Waals surface area contributed by atoms with Crippen molar-refractivity contribution in [2.45, 2.75) is 38.3 Å². The van der Waals surface area contributed by atoms with E-state index in [4.69, 9.17) is 4.74 Å². The summed E-state index contributed by atoms with van der Waals surface area (Å²) in [5, 5.41) is 12.7. The molecule has 11 heteroatoms. The van der Waals surface area contributed by atoms with E-state index in [1.807, 2.05) is 0 Å². The summed E-state index contributed by atoms with van der Waals surface area (Å²) in [6.07, 6.45) is 1.02. The van der Waals surface area contributed by atoms with Gasteiger partial charge in [-0.1, -0.05) is 6.07 Å². The number of sulfone groups is 1. The van der Waals surface area contributed by atoms with E-state index in [1.54, 1.807) is 13.8 Å². The Morgan fingerprint density at radius 1 is 1.37 bits per heavy atom. The van der Waals surface area contributed by atoms with Crippen molar-refractivity contribution < 1.29 is 27.4 Å². The van der Waals surface area contributed by atoms with Gasteiger partial charge >= 0.3 is 0 Å². The van der Waals surface area contributed by atoms with Gasteiger partial charge in [-0.3, -0.25) is 14.2 Å². The molecule has 2 heterocycles. The second-order valence-electron chi connectivity index (χ2n) is 7.61. The molecule has 1 aliphatic heterocycles. The summed E-state index contributed by atoms with van der Waals surface area (Å²) in [5.41, 5.74) is -1.56. The number of aromatic nitrogens is 2. The number of hydrogen-bond donors (Lipinski definition) is 2. The number of hydrogen-bond acceptors (Lipinski definition) is 7. The van der Waals surface area contributed by atoms with E-state index in [9.17, 15) is 27.5 Å². The fourth-order valence-corrected chi connectivity index (χ4v) is 4.10. The number of carbonyl (C=O) groups is 1. The van der Waals surface area contributed by atoms with Crippen LogP contribution in [0, 0.1) is 5.82 Å². The first-order valence-electron chi connectivity index (χ1n) is 9.10. The van der Waals surface area contributed by atoms with Crippen LogP contribution in [-0.4, -0.2) is 41.8 Å². The highest BCUT2D eigenvalue weighted by Crippen LogP contribution is 2.27. The van der Waals surface area contributed by atoms with Crippen LogP contribution in [0.5, 0.6) is 5.75 Å². The van der Waals surface area contributed by atoms with Crippen molar-refractivity contribution in [1.82, 2.24) is 14.9 Å². The van der Waals surface area contributed by atoms with Crippen LogP contribution in [0.4, 0.5) is 4.39 Å². The first-order chi connectivity index (χ1) is 13.9. The number of nitrogens with one attached hydrogen (secondary N) is 1. The van der Waals surface area contributed by atoms with Crippen LogP contribution in [0.3, 0.4) is 0 Å². The lowest BCUT2D eigenvalue weighted by Crippen LogP contribution is -2.42. The van der Waals surface area contributed by atoms with Gasteiger partial charge in [-0.2, -0.15) is 0 Å². The average Bonchev–Trinajstić information content (AvgIpc) is 2.62. The van der Waals surface area contributed by atoms with Gasteiger partial charge in [0, 0.05) is 12.8 Å². The second kappa shape index (κ2) is 7.80. The largest absolute Gasteiger partial charge is 0.501 e. The van der Waals surface area contributed by atoms with Gasteiger partial charge in [0.05, 0.1) is 18.9 Å². The first kappa shape index (κ1) is 21.9. The predicted octanol–water partition coefficient (Wildman–Crippen LogP) is 0.828. The number of fused-ring (bicyclic) bond motifs is 1. The van der Waals surface area contributed by atoms with Crippen molar-refractivity contribution in [3.63, 3.8) is 0 Å². The van der Waals surface area contributed by atoms with E-state index < -0.39 is 49.9 Å². The lowest BCUT2D eigenvalue weighted by atomic mass is 10.1. The van der Waals surface area contributed by atoms with E-state index in [0.717, 1.165) is 18.4 Å². The third kappa shape index (κ3) is 4.51. The predicted molar refractivity (Wildman–Crippen MR) is 105 cm³/mol. The summed E-state index contributed by atoms with van der Waals surface area (Å²) < 4.78 is 43.6. The Hall–Kier alpha value is -2.79. The van der Waals surface area contributed by atoms with E-state index in [0.29, 0.717) is 5.56 Å². The number of ether oxygens (including phenoxy) is 1. The highest BCUT2D eigenvalue weighted by Gasteiger charge is 2.34. The standard InChI is InChI=1S/C19H22FN3O6S/c1-19(2)18-22-14(15(24)17(26)23(18)6-7-29-19)16(25)21-9-11-4-5-13(20)8-12(11)10-30(3,27)28/h4-5,8,24H,6-7,9-10H2,1-3H3,(H,21,25). The summed E-state index contributed by atoms with van der Waals surface area (Å²) in [5.74, 6) is -2.41. The van der Waals surface area contributed by atoms with Gasteiger partial charge in [0.1, 0.15) is 17.2 Å². The van der Waals surface area contributed by atoms with Gasteiger partial charge in [-0.25, -0.2) is 17.8 Å². The Bertz CT molecular complexity index is 1170. The normalized spacial score (nSPS) is 15.5. The number of amides is 1. The lowest BCUT2D eigenvalue weighted by Gasteiger charge is -2.32. The topological polar surface area (TPSA) is 128 Å². The van der Waals surface area contributed by atoms with Crippen LogP contribution in [0.2, 0.25) is 0 Å². The van der Waals surface area contributed by atoms with Crippen LogP contribution in [0.15, 0.2) is 23.0 Å². The van der Waals surface area contributed by atoms with Crippen LogP contribution in [-0.2, 0) is 39.0 Å². The molecule has 30 heavy (non-hydrogen) atoms. The first-order valence-corrected chi connectivity index (χ1v) is 11.2. The quantitative estimate of drug-likeness (QED) is 0.706. The number of aromatic hydroxyl groups is 1. The molecule has 0 saturated heterocycles. The third-order valence-electron chi connectivity index (χ3n) is 4.70. The lowest BCUT2D eigenvalue weighted by molar-refractivity contribution is -0.0566. The molecule has 0 spiro atoms. The Kier molecular flexibility index (Phi) is 5.70. The monoisotopic (exact) mass is 439 g/mol. The third-order valence-corrected chi connectivity index (χ3v) is 5.54. The minimum absolute atomic E-state index is 0.149. The Balaban J connectivity index is 1.90. The molecule has 9 nitrogen and oxygen atoms in total. The number of rotatable bonds is 5. The maximum atomic E-state index is 13.5. The van der Waals surface area contributed by atoms with Crippen LogP contribution >= 0.6 is 0 Å². The van der Waals surface area contributed by atoms with E-state index in [1.165, 1.54) is 10.6 Å². The minimum atomic E-state index is -3.43. The van der Waals surface area contributed by atoms with E-state index in [-0.39, 0.29) is 31.1 Å². The van der Waals surface area contributed by atoms with Gasteiger partial charge in [0.25, 0.3) is 11.5 Å². The molecule has 1 aliphatic rings. The average molecular weight is 439 g/mol. The number of carbonyl (C=O) groups excluding carboxylic acids is 1. The van der Waals surface area contributed by atoms with Crippen molar-refractivity contribution in [1.29, 1.82) is 0 Å². The smallest absolute Gasteiger partial charge is 0.296 e. The number of benzene rings is 1. The van der Waals surface area contributed by atoms with Crippen molar-refractivity contribution in [3.05, 3.63) is 57.0 Å². The Morgan fingerprint density at radius 2 is 2.07 bits per heavy atom. The molecule has 0 radical (unpaired) electrons. The van der Waals surface area contributed by atoms with Gasteiger partial charge in [-0.15, -0.1) is 0 Å². The number of halogens is 1. The maximum absolute atomic E-state index is 13.5. The van der Waals surface area contributed by atoms with Crippen molar-refractivity contribution >= 4 is 15.7 Å². The molecule has 2 N–H and O–H groups in total. The maximum Gasteiger partial charge on any atom is 0.296 e. The molecule has 3 rings (SSSR count). The van der Waals surface area contributed by atoms with E-state index >= 15 is 0 Å². The van der Waals surface area contributed by atoms with Gasteiger partial charge in [0.2, 0.25) is 5.75 Å². The second-order valence-corrected chi connectivity index (χ2v) is 9.75. The van der Waals surface area contributed by atoms with Gasteiger partial charge in [0.15, 0.2) is 15.5 Å². The van der Waals surface area contributed by atoms with Crippen LogP contribution in [0.25, 0.3) is 0 Å². The fraction of sp³-hybridized carbons (Fsp3) is 0.421. The molecule has 162 valence electrons. The molecule has 0 unspecified atom stereocenters. The summed E-state index contributed by atoms with van der Waals surface area (Å²) in [6, 6.07) is 3.60. The van der Waals surface area contributed by atoms with Crippen LogP contribution in [0.1, 0.15) is 41.3 Å².